The van der Waals surface area contributed by atoms with Crippen molar-refractivity contribution in [3.05, 3.63) is 69.7 Å². The van der Waals surface area contributed by atoms with E-state index in [0.29, 0.717) is 12.1 Å². The monoisotopic (exact) mass is 401 g/mol. The van der Waals surface area contributed by atoms with Crippen molar-refractivity contribution in [2.24, 2.45) is 5.41 Å². The van der Waals surface area contributed by atoms with Crippen molar-refractivity contribution in [3.8, 4) is 0 Å². The van der Waals surface area contributed by atoms with Crippen molar-refractivity contribution < 1.29 is 4.79 Å². The van der Waals surface area contributed by atoms with E-state index in [1.807, 2.05) is 24.3 Å². The maximum atomic E-state index is 12.4. The second-order valence-corrected chi connectivity index (χ2v) is 9.39. The van der Waals surface area contributed by atoms with E-state index in [2.05, 4.69) is 80.1 Å². The van der Waals surface area contributed by atoms with E-state index >= 15 is 0 Å². The molecule has 0 aromatic heterocycles. The third-order valence-corrected chi connectivity index (χ3v) is 4.87. The third-order valence-electron chi connectivity index (χ3n) is 4.34. The first kappa shape index (κ1) is 19.7. The van der Waals surface area contributed by atoms with Gasteiger partial charge in [0.25, 0.3) is 5.91 Å². The summed E-state index contributed by atoms with van der Waals surface area (Å²) in [6.45, 7) is 11.5. The van der Waals surface area contributed by atoms with E-state index in [9.17, 15) is 4.79 Å². The molecular formula is C22H28BrNO. The quantitative estimate of drug-likeness (QED) is 0.678. The van der Waals surface area contributed by atoms with Gasteiger partial charge in [-0.1, -0.05) is 74.8 Å². The number of rotatable bonds is 5. The normalized spacial score (nSPS) is 12.1. The Morgan fingerprint density at radius 3 is 2.00 bits per heavy atom. The molecule has 2 aromatic carbocycles. The average molecular weight is 402 g/mol. The van der Waals surface area contributed by atoms with Crippen LogP contribution in [0.2, 0.25) is 0 Å². The predicted octanol–water partition coefficient (Wildman–Crippen LogP) is 5.75. The molecule has 3 heteroatoms. The minimum Gasteiger partial charge on any atom is -0.351 e. The third kappa shape index (κ3) is 6.00. The highest BCUT2D eigenvalue weighted by Gasteiger charge is 2.20. The van der Waals surface area contributed by atoms with Crippen LogP contribution in [0.1, 0.15) is 56.1 Å². The number of hydrogen-bond acceptors (Lipinski definition) is 1. The zero-order valence-corrected chi connectivity index (χ0v) is 17.4. The molecule has 0 aliphatic heterocycles. The van der Waals surface area contributed by atoms with Gasteiger partial charge in [0.15, 0.2) is 0 Å². The SMILES string of the molecule is CC(C)(CNC(=O)c1ccc(C(C)(C)C)cc1)Cc1ccc(Br)cc1. The first-order chi connectivity index (χ1) is 11.6. The largest absolute Gasteiger partial charge is 0.351 e. The first-order valence-electron chi connectivity index (χ1n) is 8.70. The summed E-state index contributed by atoms with van der Waals surface area (Å²) in [7, 11) is 0. The van der Waals surface area contributed by atoms with Gasteiger partial charge in [-0.05, 0) is 52.6 Å². The Bertz CT molecular complexity index is 709. The summed E-state index contributed by atoms with van der Waals surface area (Å²) in [5.41, 5.74) is 3.32. The summed E-state index contributed by atoms with van der Waals surface area (Å²) in [5.74, 6) is -0.00987. The molecule has 1 N–H and O–H groups in total. The van der Waals surface area contributed by atoms with Gasteiger partial charge in [-0.25, -0.2) is 0 Å². The molecule has 0 radical (unpaired) electrons. The minimum absolute atomic E-state index is 0.00512. The summed E-state index contributed by atoms with van der Waals surface area (Å²) in [5, 5.41) is 3.08. The van der Waals surface area contributed by atoms with Crippen LogP contribution in [0, 0.1) is 5.41 Å². The Morgan fingerprint density at radius 2 is 1.48 bits per heavy atom. The fourth-order valence-electron chi connectivity index (χ4n) is 2.76. The lowest BCUT2D eigenvalue weighted by Gasteiger charge is -2.25. The van der Waals surface area contributed by atoms with Gasteiger partial charge in [0, 0.05) is 16.6 Å². The molecule has 0 aliphatic carbocycles. The smallest absolute Gasteiger partial charge is 0.251 e. The molecule has 0 aliphatic rings. The van der Waals surface area contributed by atoms with Gasteiger partial charge >= 0.3 is 0 Å². The van der Waals surface area contributed by atoms with Gasteiger partial charge in [-0.2, -0.15) is 0 Å². The van der Waals surface area contributed by atoms with Gasteiger partial charge < -0.3 is 5.32 Å². The Morgan fingerprint density at radius 1 is 0.920 bits per heavy atom. The van der Waals surface area contributed by atoms with E-state index in [0.717, 1.165) is 10.9 Å². The van der Waals surface area contributed by atoms with Gasteiger partial charge in [0.05, 0.1) is 0 Å². The number of carbonyl (C=O) groups is 1. The van der Waals surface area contributed by atoms with Crippen LogP contribution in [-0.2, 0) is 11.8 Å². The lowest BCUT2D eigenvalue weighted by atomic mass is 9.85. The summed E-state index contributed by atoms with van der Waals surface area (Å²) < 4.78 is 1.08. The second kappa shape index (κ2) is 7.74. The van der Waals surface area contributed by atoms with Crippen LogP contribution in [0.4, 0.5) is 0 Å². The van der Waals surface area contributed by atoms with E-state index in [1.54, 1.807) is 0 Å². The standard InChI is InChI=1S/C22H28BrNO/c1-21(2,3)18-10-8-17(9-11-18)20(25)24-15-22(4,5)14-16-6-12-19(23)13-7-16/h6-13H,14-15H2,1-5H3,(H,24,25). The highest BCUT2D eigenvalue weighted by Crippen LogP contribution is 2.24. The van der Waals surface area contributed by atoms with E-state index < -0.39 is 0 Å². The Labute approximate surface area is 160 Å². The van der Waals surface area contributed by atoms with Crippen LogP contribution in [0.25, 0.3) is 0 Å². The van der Waals surface area contributed by atoms with Gasteiger partial charge in [0.2, 0.25) is 0 Å². The Hall–Kier alpha value is -1.61. The summed E-state index contributed by atoms with van der Waals surface area (Å²) in [4.78, 5) is 12.4. The van der Waals surface area contributed by atoms with Crippen molar-refractivity contribution in [2.75, 3.05) is 6.54 Å². The summed E-state index contributed by atoms with van der Waals surface area (Å²) in [6, 6.07) is 16.3. The molecule has 0 fully saturated rings. The molecule has 25 heavy (non-hydrogen) atoms. The van der Waals surface area contributed by atoms with Crippen molar-refractivity contribution >= 4 is 21.8 Å². The first-order valence-corrected chi connectivity index (χ1v) is 9.49. The molecule has 2 nitrogen and oxygen atoms in total. The van der Waals surface area contributed by atoms with Crippen LogP contribution in [-0.4, -0.2) is 12.5 Å². The summed E-state index contributed by atoms with van der Waals surface area (Å²) >= 11 is 3.46. The van der Waals surface area contributed by atoms with E-state index in [-0.39, 0.29) is 16.7 Å². The lowest BCUT2D eigenvalue weighted by molar-refractivity contribution is 0.0936. The average Bonchev–Trinajstić information content (AvgIpc) is 2.54. The molecule has 0 bridgehead atoms. The number of halogens is 1. The fourth-order valence-corrected chi connectivity index (χ4v) is 3.02. The number of carbonyl (C=O) groups excluding carboxylic acids is 1. The van der Waals surface area contributed by atoms with Crippen LogP contribution in [0.3, 0.4) is 0 Å². The molecule has 1 amide bonds. The van der Waals surface area contributed by atoms with Crippen molar-refractivity contribution in [1.82, 2.24) is 5.32 Å². The molecule has 2 rings (SSSR count). The molecule has 0 saturated heterocycles. The van der Waals surface area contributed by atoms with Gasteiger partial charge in [-0.15, -0.1) is 0 Å². The Kier molecular flexibility index (Phi) is 6.10. The fraction of sp³-hybridized carbons (Fsp3) is 0.409. The molecule has 134 valence electrons. The minimum atomic E-state index is -0.00987. The Balaban J connectivity index is 1.95. The molecule has 2 aromatic rings. The number of benzene rings is 2. The highest BCUT2D eigenvalue weighted by molar-refractivity contribution is 9.10. The number of nitrogens with one attached hydrogen (secondary N) is 1. The van der Waals surface area contributed by atoms with Gasteiger partial charge in [-0.3, -0.25) is 4.79 Å². The molecule has 0 spiro atoms. The zero-order chi connectivity index (χ0) is 18.7. The van der Waals surface area contributed by atoms with Crippen LogP contribution in [0.5, 0.6) is 0 Å². The van der Waals surface area contributed by atoms with E-state index in [1.165, 1.54) is 11.1 Å². The summed E-state index contributed by atoms with van der Waals surface area (Å²) in [6.07, 6.45) is 0.920. The topological polar surface area (TPSA) is 29.1 Å². The molecule has 0 saturated carbocycles. The van der Waals surface area contributed by atoms with Crippen LogP contribution >= 0.6 is 15.9 Å². The molecule has 0 unspecified atom stereocenters. The number of hydrogen-bond donors (Lipinski definition) is 1. The zero-order valence-electron chi connectivity index (χ0n) is 15.8. The highest BCUT2D eigenvalue weighted by atomic mass is 79.9. The molecular weight excluding hydrogens is 374 g/mol. The van der Waals surface area contributed by atoms with Gasteiger partial charge in [0.1, 0.15) is 0 Å². The maximum absolute atomic E-state index is 12.4. The van der Waals surface area contributed by atoms with Crippen LogP contribution in [0.15, 0.2) is 53.0 Å². The molecule has 0 heterocycles. The van der Waals surface area contributed by atoms with E-state index in [4.69, 9.17) is 0 Å². The second-order valence-electron chi connectivity index (χ2n) is 8.48. The predicted molar refractivity (Wildman–Crippen MR) is 109 cm³/mol. The maximum Gasteiger partial charge on any atom is 0.251 e. The van der Waals surface area contributed by atoms with Crippen molar-refractivity contribution in [1.29, 1.82) is 0 Å². The molecule has 0 atom stereocenters. The lowest BCUT2D eigenvalue weighted by Crippen LogP contribution is -2.35. The van der Waals surface area contributed by atoms with Crippen LogP contribution < -0.4 is 5.32 Å². The van der Waals surface area contributed by atoms with Crippen molar-refractivity contribution in [3.63, 3.8) is 0 Å². The van der Waals surface area contributed by atoms with Crippen molar-refractivity contribution in [2.45, 2.75) is 46.5 Å². The number of amides is 1.